The second kappa shape index (κ2) is 2.68. The topological polar surface area (TPSA) is 89.0 Å². The lowest BCUT2D eigenvalue weighted by molar-refractivity contribution is -0.138. The summed E-state index contributed by atoms with van der Waals surface area (Å²) < 4.78 is 40.8. The highest BCUT2D eigenvalue weighted by molar-refractivity contribution is 6.00. The van der Waals surface area contributed by atoms with Gasteiger partial charge >= 0.3 is 6.18 Å². The predicted molar refractivity (Wildman–Crippen MR) is 39.1 cm³/mol. The van der Waals surface area contributed by atoms with E-state index in [1.807, 2.05) is 0 Å². The van der Waals surface area contributed by atoms with Gasteiger partial charge in [-0.25, -0.2) is 0 Å². The van der Waals surface area contributed by atoms with Gasteiger partial charge in [-0.2, -0.15) is 13.2 Å². The highest BCUT2D eigenvalue weighted by Crippen LogP contribution is 2.35. The molecule has 0 aliphatic heterocycles. The third-order valence-electron chi connectivity index (χ3n) is 1.39. The molecule has 0 aromatic carbocycles. The van der Waals surface area contributed by atoms with Crippen LogP contribution in [0.3, 0.4) is 0 Å². The van der Waals surface area contributed by atoms with Gasteiger partial charge < -0.3 is 15.9 Å². The largest absolute Gasteiger partial charge is 0.448 e. The molecular formula is C6H6F3N3O. The van der Waals surface area contributed by atoms with Crippen LogP contribution in [0.25, 0.3) is 0 Å². The number of hydrogen-bond donors (Lipinski definition) is 3. The summed E-state index contributed by atoms with van der Waals surface area (Å²) in [4.78, 5) is 0. The van der Waals surface area contributed by atoms with Crippen molar-refractivity contribution in [2.75, 3.05) is 5.73 Å². The first-order valence-corrected chi connectivity index (χ1v) is 3.12. The summed E-state index contributed by atoms with van der Waals surface area (Å²) in [5.74, 6) is -1.27. The SMILES string of the molecule is N=C(N)c1c(C(F)(F)F)coc1N. The van der Waals surface area contributed by atoms with Crippen molar-refractivity contribution >= 4 is 11.7 Å². The van der Waals surface area contributed by atoms with Crippen LogP contribution in [-0.4, -0.2) is 5.84 Å². The molecule has 1 aromatic rings. The first-order valence-electron chi connectivity index (χ1n) is 3.12. The quantitative estimate of drug-likeness (QED) is 0.461. The number of anilines is 1. The zero-order valence-electron chi connectivity index (χ0n) is 6.27. The van der Waals surface area contributed by atoms with E-state index in [1.54, 1.807) is 0 Å². The highest BCUT2D eigenvalue weighted by atomic mass is 19.4. The first kappa shape index (κ1) is 9.43. The van der Waals surface area contributed by atoms with Gasteiger partial charge in [0.25, 0.3) is 0 Å². The van der Waals surface area contributed by atoms with Crippen LogP contribution in [0.15, 0.2) is 10.7 Å². The fraction of sp³-hybridized carbons (Fsp3) is 0.167. The van der Waals surface area contributed by atoms with E-state index in [-0.39, 0.29) is 0 Å². The lowest BCUT2D eigenvalue weighted by atomic mass is 10.1. The molecule has 1 aromatic heterocycles. The Morgan fingerprint density at radius 1 is 1.46 bits per heavy atom. The van der Waals surface area contributed by atoms with E-state index >= 15 is 0 Å². The van der Waals surface area contributed by atoms with E-state index in [2.05, 4.69) is 4.42 Å². The molecule has 1 heterocycles. The Hall–Kier alpha value is -1.66. The molecule has 0 unspecified atom stereocenters. The Bertz CT molecular complexity index is 341. The number of rotatable bonds is 1. The average Bonchev–Trinajstić information content (AvgIpc) is 2.28. The van der Waals surface area contributed by atoms with E-state index < -0.39 is 29.0 Å². The fourth-order valence-electron chi connectivity index (χ4n) is 0.859. The van der Waals surface area contributed by atoms with Crippen LogP contribution in [0.1, 0.15) is 11.1 Å². The first-order chi connectivity index (χ1) is 5.84. The lowest BCUT2D eigenvalue weighted by Crippen LogP contribution is -2.18. The standard InChI is InChI=1S/C6H6F3N3O/c7-6(8,9)2-1-13-5(12)3(2)4(10)11/h1H,12H2,(H3,10,11). The van der Waals surface area contributed by atoms with Crippen molar-refractivity contribution < 1.29 is 17.6 Å². The molecule has 0 fully saturated rings. The molecule has 0 bridgehead atoms. The number of hydrogen-bond acceptors (Lipinski definition) is 3. The Morgan fingerprint density at radius 3 is 2.31 bits per heavy atom. The van der Waals surface area contributed by atoms with Crippen LogP contribution < -0.4 is 11.5 Å². The number of halogens is 3. The highest BCUT2D eigenvalue weighted by Gasteiger charge is 2.37. The van der Waals surface area contributed by atoms with Gasteiger partial charge in [-0.1, -0.05) is 0 Å². The van der Waals surface area contributed by atoms with Crippen molar-refractivity contribution in [3.63, 3.8) is 0 Å². The van der Waals surface area contributed by atoms with E-state index in [0.717, 1.165) is 0 Å². The van der Waals surface area contributed by atoms with Gasteiger partial charge in [0.2, 0.25) is 5.88 Å². The summed E-state index contributed by atoms with van der Waals surface area (Å²) in [5, 5.41) is 6.85. The molecule has 72 valence electrons. The maximum absolute atomic E-state index is 12.2. The van der Waals surface area contributed by atoms with Crippen molar-refractivity contribution in [3.8, 4) is 0 Å². The minimum absolute atomic E-state index is 0.437. The van der Waals surface area contributed by atoms with E-state index in [1.165, 1.54) is 0 Å². The maximum atomic E-state index is 12.2. The Balaban J connectivity index is 3.31. The molecule has 1 rings (SSSR count). The molecule has 7 heteroatoms. The molecule has 5 N–H and O–H groups in total. The molecular weight excluding hydrogens is 187 g/mol. The smallest absolute Gasteiger partial charge is 0.420 e. The molecule has 0 spiro atoms. The Kier molecular flexibility index (Phi) is 1.94. The number of nitrogens with two attached hydrogens (primary N) is 2. The average molecular weight is 193 g/mol. The monoisotopic (exact) mass is 193 g/mol. The van der Waals surface area contributed by atoms with Gasteiger partial charge in [-0.15, -0.1) is 0 Å². The molecule has 0 atom stereocenters. The number of nitrogens with one attached hydrogen (secondary N) is 1. The molecule has 0 saturated carbocycles. The molecule has 0 radical (unpaired) electrons. The van der Waals surface area contributed by atoms with Crippen LogP contribution in [0.4, 0.5) is 19.1 Å². The van der Waals surface area contributed by atoms with Gasteiger partial charge in [0.15, 0.2) is 0 Å². The number of alkyl halides is 3. The fourth-order valence-corrected chi connectivity index (χ4v) is 0.859. The summed E-state index contributed by atoms with van der Waals surface area (Å²) in [6.07, 6.45) is -4.17. The third kappa shape index (κ3) is 1.58. The van der Waals surface area contributed by atoms with Crippen molar-refractivity contribution in [1.82, 2.24) is 0 Å². The predicted octanol–water partition coefficient (Wildman–Crippen LogP) is 1.16. The summed E-state index contributed by atoms with van der Waals surface area (Å²) in [5.41, 5.74) is 8.22. The summed E-state index contributed by atoms with van der Waals surface area (Å²) in [6, 6.07) is 0. The van der Waals surface area contributed by atoms with Gasteiger partial charge in [0, 0.05) is 0 Å². The normalized spacial score (nSPS) is 11.6. The zero-order chi connectivity index (χ0) is 10.2. The second-order valence-electron chi connectivity index (χ2n) is 2.30. The van der Waals surface area contributed by atoms with E-state index in [4.69, 9.17) is 16.9 Å². The summed E-state index contributed by atoms with van der Waals surface area (Å²) >= 11 is 0. The summed E-state index contributed by atoms with van der Waals surface area (Å²) in [6.45, 7) is 0. The Labute approximate surface area is 70.8 Å². The van der Waals surface area contributed by atoms with E-state index in [0.29, 0.717) is 6.26 Å². The van der Waals surface area contributed by atoms with Crippen LogP contribution >= 0.6 is 0 Å². The van der Waals surface area contributed by atoms with Crippen LogP contribution in [0.2, 0.25) is 0 Å². The molecule has 0 amide bonds. The Morgan fingerprint density at radius 2 is 2.00 bits per heavy atom. The van der Waals surface area contributed by atoms with Gasteiger partial charge in [0.05, 0.1) is 5.56 Å². The lowest BCUT2D eigenvalue weighted by Gasteiger charge is -2.05. The molecule has 0 aliphatic carbocycles. The van der Waals surface area contributed by atoms with Crippen LogP contribution in [-0.2, 0) is 6.18 Å². The van der Waals surface area contributed by atoms with Crippen molar-refractivity contribution in [2.24, 2.45) is 5.73 Å². The molecule has 4 nitrogen and oxygen atoms in total. The minimum Gasteiger partial charge on any atom is -0.448 e. The zero-order valence-corrected chi connectivity index (χ0v) is 6.27. The molecule has 0 saturated heterocycles. The third-order valence-corrected chi connectivity index (χ3v) is 1.39. The van der Waals surface area contributed by atoms with Crippen molar-refractivity contribution in [3.05, 3.63) is 17.4 Å². The van der Waals surface area contributed by atoms with Gasteiger partial charge in [0.1, 0.15) is 17.7 Å². The summed E-state index contributed by atoms with van der Waals surface area (Å²) in [7, 11) is 0. The second-order valence-corrected chi connectivity index (χ2v) is 2.30. The number of furan rings is 1. The van der Waals surface area contributed by atoms with Crippen molar-refractivity contribution in [1.29, 1.82) is 5.41 Å². The van der Waals surface area contributed by atoms with Gasteiger partial charge in [-0.3, -0.25) is 5.41 Å². The molecule has 13 heavy (non-hydrogen) atoms. The number of nitrogen functional groups attached to an aromatic ring is 2. The van der Waals surface area contributed by atoms with Crippen LogP contribution in [0, 0.1) is 5.41 Å². The van der Waals surface area contributed by atoms with Crippen molar-refractivity contribution in [2.45, 2.75) is 6.18 Å². The van der Waals surface area contributed by atoms with Crippen LogP contribution in [0.5, 0.6) is 0 Å². The van der Waals surface area contributed by atoms with E-state index in [9.17, 15) is 13.2 Å². The molecule has 0 aliphatic rings. The maximum Gasteiger partial charge on any atom is 0.420 e. The van der Waals surface area contributed by atoms with Gasteiger partial charge in [-0.05, 0) is 0 Å². The number of amidine groups is 1. The minimum atomic E-state index is -4.61.